The van der Waals surface area contributed by atoms with Gasteiger partial charge in [-0.1, -0.05) is 31.9 Å². The summed E-state index contributed by atoms with van der Waals surface area (Å²) in [4.78, 5) is 0. The largest absolute Gasteiger partial charge is 0.0850 e. The fourth-order valence-corrected chi connectivity index (χ4v) is 0.909. The zero-order valence-corrected chi connectivity index (χ0v) is 5.78. The highest BCUT2D eigenvalue weighted by Crippen LogP contribution is 2.36. The molecule has 0 aromatic carbocycles. The van der Waals surface area contributed by atoms with Crippen LogP contribution in [0, 0.1) is 5.92 Å². The Balaban J connectivity index is 2.16. The van der Waals surface area contributed by atoms with Crippen molar-refractivity contribution in [3.63, 3.8) is 0 Å². The highest BCUT2D eigenvalue weighted by Gasteiger charge is 2.22. The van der Waals surface area contributed by atoms with Crippen molar-refractivity contribution >= 4 is 0 Å². The first-order valence-electron chi connectivity index (χ1n) is 3.53. The van der Waals surface area contributed by atoms with Crippen molar-refractivity contribution in [3.05, 3.63) is 11.6 Å². The lowest BCUT2D eigenvalue weighted by Gasteiger charge is -1.79. The summed E-state index contributed by atoms with van der Waals surface area (Å²) in [7, 11) is 0. The Morgan fingerprint density at radius 2 is 2.38 bits per heavy atom. The molecule has 0 bridgehead atoms. The number of unbranched alkanes of at least 4 members (excludes halogenated alkanes) is 1. The van der Waals surface area contributed by atoms with Crippen molar-refractivity contribution in [1.29, 1.82) is 0 Å². The van der Waals surface area contributed by atoms with Crippen LogP contribution in [0.15, 0.2) is 11.6 Å². The summed E-state index contributed by atoms with van der Waals surface area (Å²) in [5.74, 6) is 0.932. The van der Waals surface area contributed by atoms with E-state index in [-0.39, 0.29) is 0 Å². The van der Waals surface area contributed by atoms with E-state index in [0.717, 1.165) is 5.92 Å². The second kappa shape index (κ2) is 2.34. The summed E-state index contributed by atoms with van der Waals surface area (Å²) in [6, 6.07) is 0. The third-order valence-corrected chi connectivity index (χ3v) is 1.71. The molecule has 8 heavy (non-hydrogen) atoms. The maximum atomic E-state index is 2.39. The average Bonchev–Trinajstić information content (AvgIpc) is 2.42. The van der Waals surface area contributed by atoms with E-state index in [1.165, 1.54) is 19.3 Å². The molecule has 1 fully saturated rings. The van der Waals surface area contributed by atoms with Crippen LogP contribution in [0.25, 0.3) is 0 Å². The molecule has 1 atom stereocenters. The number of hydrogen-bond donors (Lipinski definition) is 0. The lowest BCUT2D eigenvalue weighted by molar-refractivity contribution is 0.948. The van der Waals surface area contributed by atoms with Crippen molar-refractivity contribution in [2.75, 3.05) is 0 Å². The molecule has 46 valence electrons. The minimum absolute atomic E-state index is 0.932. The van der Waals surface area contributed by atoms with E-state index in [0.29, 0.717) is 0 Å². The summed E-state index contributed by atoms with van der Waals surface area (Å²) in [6.45, 7) is 4.52. The fraction of sp³-hybridized carbons (Fsp3) is 0.750. The van der Waals surface area contributed by atoms with E-state index >= 15 is 0 Å². The zero-order valence-electron chi connectivity index (χ0n) is 5.78. The number of allylic oxidation sites excluding steroid dienone is 2. The van der Waals surface area contributed by atoms with Gasteiger partial charge >= 0.3 is 0 Å². The molecule has 0 nitrogen and oxygen atoms in total. The molecule has 0 aromatic rings. The molecule has 0 amide bonds. The van der Waals surface area contributed by atoms with Crippen LogP contribution in [0.2, 0.25) is 0 Å². The standard InChI is InChI=1S/C8H14/c1-3-4-5-8-6-7(8)2/h5,7H,3-4,6H2,1-2H3. The van der Waals surface area contributed by atoms with Crippen LogP contribution in [0.4, 0.5) is 0 Å². The molecule has 1 unspecified atom stereocenters. The summed E-state index contributed by atoms with van der Waals surface area (Å²) in [6.07, 6.45) is 6.36. The summed E-state index contributed by atoms with van der Waals surface area (Å²) >= 11 is 0. The second-order valence-electron chi connectivity index (χ2n) is 2.67. The van der Waals surface area contributed by atoms with Gasteiger partial charge in [0.25, 0.3) is 0 Å². The predicted molar refractivity (Wildman–Crippen MR) is 36.8 cm³/mol. The number of hydrogen-bond acceptors (Lipinski definition) is 0. The van der Waals surface area contributed by atoms with E-state index in [1.54, 1.807) is 5.57 Å². The molecule has 0 aliphatic heterocycles. The maximum Gasteiger partial charge on any atom is -0.0194 e. The van der Waals surface area contributed by atoms with Crippen LogP contribution >= 0.6 is 0 Å². The smallest absolute Gasteiger partial charge is 0.0194 e. The molecule has 0 spiro atoms. The van der Waals surface area contributed by atoms with E-state index in [1.807, 2.05) is 0 Å². The van der Waals surface area contributed by atoms with Crippen LogP contribution in [0.5, 0.6) is 0 Å². The highest BCUT2D eigenvalue weighted by atomic mass is 14.3. The minimum Gasteiger partial charge on any atom is -0.0850 e. The van der Waals surface area contributed by atoms with E-state index < -0.39 is 0 Å². The van der Waals surface area contributed by atoms with Gasteiger partial charge in [0.15, 0.2) is 0 Å². The monoisotopic (exact) mass is 110 g/mol. The lowest BCUT2D eigenvalue weighted by atomic mass is 10.3. The molecule has 0 radical (unpaired) electrons. The van der Waals surface area contributed by atoms with Crippen molar-refractivity contribution in [2.45, 2.75) is 33.1 Å². The lowest BCUT2D eigenvalue weighted by Crippen LogP contribution is -1.60. The molecule has 0 saturated heterocycles. The van der Waals surface area contributed by atoms with E-state index in [9.17, 15) is 0 Å². The molecule has 1 aliphatic rings. The predicted octanol–water partition coefficient (Wildman–Crippen LogP) is 2.75. The summed E-state index contributed by atoms with van der Waals surface area (Å²) < 4.78 is 0. The Bertz CT molecular complexity index is 101. The van der Waals surface area contributed by atoms with Gasteiger partial charge in [0.05, 0.1) is 0 Å². The summed E-state index contributed by atoms with van der Waals surface area (Å²) in [5.41, 5.74) is 1.69. The molecule has 1 rings (SSSR count). The van der Waals surface area contributed by atoms with Crippen LogP contribution in [0.3, 0.4) is 0 Å². The third kappa shape index (κ3) is 1.36. The van der Waals surface area contributed by atoms with Crippen LogP contribution < -0.4 is 0 Å². The minimum atomic E-state index is 0.932. The molecule has 0 heterocycles. The number of rotatable bonds is 2. The Morgan fingerprint density at radius 1 is 1.75 bits per heavy atom. The molecular formula is C8H14. The normalized spacial score (nSPS) is 31.2. The van der Waals surface area contributed by atoms with Gasteiger partial charge in [0.1, 0.15) is 0 Å². The van der Waals surface area contributed by atoms with Gasteiger partial charge in [-0.2, -0.15) is 0 Å². The molecular weight excluding hydrogens is 96.1 g/mol. The van der Waals surface area contributed by atoms with Crippen LogP contribution in [-0.4, -0.2) is 0 Å². The topological polar surface area (TPSA) is 0 Å². The molecule has 0 heteroatoms. The van der Waals surface area contributed by atoms with Crippen LogP contribution in [0.1, 0.15) is 33.1 Å². The quantitative estimate of drug-likeness (QED) is 0.479. The van der Waals surface area contributed by atoms with Gasteiger partial charge in [0, 0.05) is 0 Å². The summed E-state index contributed by atoms with van der Waals surface area (Å²) in [5, 5.41) is 0. The van der Waals surface area contributed by atoms with Gasteiger partial charge in [-0.05, 0) is 18.8 Å². The van der Waals surface area contributed by atoms with Gasteiger partial charge < -0.3 is 0 Å². The molecule has 1 aliphatic carbocycles. The van der Waals surface area contributed by atoms with Crippen molar-refractivity contribution in [3.8, 4) is 0 Å². The molecule has 0 aromatic heterocycles. The SMILES string of the molecule is CCCC=C1CC1C. The molecule has 0 N–H and O–H groups in total. The van der Waals surface area contributed by atoms with Crippen molar-refractivity contribution in [2.24, 2.45) is 5.92 Å². The van der Waals surface area contributed by atoms with Gasteiger partial charge in [0.2, 0.25) is 0 Å². The Morgan fingerprint density at radius 3 is 2.75 bits per heavy atom. The zero-order chi connectivity index (χ0) is 5.98. The Kier molecular flexibility index (Phi) is 1.72. The fourth-order valence-electron chi connectivity index (χ4n) is 0.909. The van der Waals surface area contributed by atoms with Crippen LogP contribution in [-0.2, 0) is 0 Å². The first-order valence-corrected chi connectivity index (χ1v) is 3.53. The second-order valence-corrected chi connectivity index (χ2v) is 2.67. The maximum absolute atomic E-state index is 2.39. The van der Waals surface area contributed by atoms with E-state index in [2.05, 4.69) is 19.9 Å². The Labute approximate surface area is 51.6 Å². The van der Waals surface area contributed by atoms with Gasteiger partial charge in [-0.15, -0.1) is 0 Å². The van der Waals surface area contributed by atoms with Crippen molar-refractivity contribution in [1.82, 2.24) is 0 Å². The Hall–Kier alpha value is -0.260. The van der Waals surface area contributed by atoms with Gasteiger partial charge in [-0.25, -0.2) is 0 Å². The molecule has 1 saturated carbocycles. The average molecular weight is 110 g/mol. The van der Waals surface area contributed by atoms with Gasteiger partial charge in [-0.3, -0.25) is 0 Å². The first kappa shape index (κ1) is 5.87. The highest BCUT2D eigenvalue weighted by molar-refractivity contribution is 5.21. The van der Waals surface area contributed by atoms with E-state index in [4.69, 9.17) is 0 Å². The van der Waals surface area contributed by atoms with Crippen molar-refractivity contribution < 1.29 is 0 Å². The first-order chi connectivity index (χ1) is 3.84. The third-order valence-electron chi connectivity index (χ3n) is 1.71.